The maximum absolute atomic E-state index is 12.7. The highest BCUT2D eigenvalue weighted by atomic mass is 32.2. The highest BCUT2D eigenvalue weighted by Gasteiger charge is 2.40. The molecule has 2 aliphatic rings. The average Bonchev–Trinajstić information content (AvgIpc) is 2.97. The number of piperidine rings is 1. The van der Waals surface area contributed by atoms with Crippen molar-refractivity contribution in [2.75, 3.05) is 6.54 Å². The van der Waals surface area contributed by atoms with Gasteiger partial charge < -0.3 is 10.3 Å². The van der Waals surface area contributed by atoms with Crippen molar-refractivity contribution >= 4 is 10.0 Å². The van der Waals surface area contributed by atoms with Gasteiger partial charge >= 0.3 is 0 Å². The lowest BCUT2D eigenvalue weighted by atomic mass is 10.00. The Morgan fingerprint density at radius 2 is 2.00 bits per heavy atom. The first kappa shape index (κ1) is 14.0. The van der Waals surface area contributed by atoms with Crippen LogP contribution in [0.2, 0.25) is 0 Å². The first-order valence-electron chi connectivity index (χ1n) is 7.30. The van der Waals surface area contributed by atoms with Crippen LogP contribution in [0.5, 0.6) is 0 Å². The molecule has 2 bridgehead atoms. The maximum Gasteiger partial charge on any atom is 0.260 e. The van der Waals surface area contributed by atoms with Gasteiger partial charge in [-0.3, -0.25) is 0 Å². The number of hydrogen-bond acceptors (Lipinski definition) is 4. The Labute approximate surface area is 120 Å². The number of aryl methyl sites for hydroxylation is 1. The Hall–Kier alpha value is -0.920. The molecule has 3 rings (SSSR count). The molecule has 2 fully saturated rings. The highest BCUT2D eigenvalue weighted by molar-refractivity contribution is 7.89. The zero-order chi connectivity index (χ0) is 14.3. The lowest BCUT2D eigenvalue weighted by molar-refractivity contribution is 0.232. The predicted molar refractivity (Wildman–Crippen MR) is 75.9 cm³/mol. The van der Waals surface area contributed by atoms with E-state index < -0.39 is 10.0 Å². The van der Waals surface area contributed by atoms with Crippen molar-refractivity contribution in [3.63, 3.8) is 0 Å². The predicted octanol–water partition coefficient (Wildman–Crippen LogP) is 1.01. The molecule has 1 aromatic rings. The quantitative estimate of drug-likeness (QED) is 0.869. The summed E-state index contributed by atoms with van der Waals surface area (Å²) in [5.74, 6) is 0.630. The number of aromatic nitrogens is 2. The smallest absolute Gasteiger partial charge is 0.260 e. The number of hydrogen-bond donors (Lipinski definition) is 2. The molecule has 1 aromatic heterocycles. The summed E-state index contributed by atoms with van der Waals surface area (Å²) in [6, 6.07) is 1.06. The summed E-state index contributed by atoms with van der Waals surface area (Å²) in [5, 5.41) is 3.76. The molecular formula is C13H22N4O2S. The van der Waals surface area contributed by atoms with Gasteiger partial charge in [0.25, 0.3) is 10.0 Å². The molecule has 2 saturated heterocycles. The van der Waals surface area contributed by atoms with E-state index in [1.165, 1.54) is 19.0 Å². The number of H-pyrrole nitrogens is 1. The van der Waals surface area contributed by atoms with Crippen LogP contribution in [-0.2, 0) is 10.0 Å². The third-order valence-electron chi connectivity index (χ3n) is 4.43. The molecule has 0 spiro atoms. The van der Waals surface area contributed by atoms with E-state index in [0.29, 0.717) is 24.5 Å². The molecule has 0 aromatic carbocycles. The fourth-order valence-electron chi connectivity index (χ4n) is 3.54. The summed E-state index contributed by atoms with van der Waals surface area (Å²) in [6.45, 7) is 4.18. The summed E-state index contributed by atoms with van der Waals surface area (Å²) in [4.78, 5) is 6.87. The van der Waals surface area contributed by atoms with E-state index in [9.17, 15) is 8.42 Å². The Kier molecular flexibility index (Phi) is 3.60. The SMILES string of the molecule is CCN(C1CC2CCC(C1)N2)S(=O)(=O)c1cnc(C)[nH]1. The molecule has 2 unspecified atom stereocenters. The topological polar surface area (TPSA) is 78.1 Å². The largest absolute Gasteiger partial charge is 0.332 e. The molecular weight excluding hydrogens is 276 g/mol. The van der Waals surface area contributed by atoms with Crippen molar-refractivity contribution < 1.29 is 8.42 Å². The number of rotatable bonds is 4. The summed E-state index contributed by atoms with van der Waals surface area (Å²) >= 11 is 0. The third kappa shape index (κ3) is 2.38. The lowest BCUT2D eigenvalue weighted by Gasteiger charge is -2.36. The minimum Gasteiger partial charge on any atom is -0.332 e. The molecule has 3 heterocycles. The van der Waals surface area contributed by atoms with Gasteiger partial charge in [0, 0.05) is 24.7 Å². The van der Waals surface area contributed by atoms with Crippen LogP contribution in [0, 0.1) is 6.92 Å². The van der Waals surface area contributed by atoms with Crippen molar-refractivity contribution in [1.82, 2.24) is 19.6 Å². The van der Waals surface area contributed by atoms with Gasteiger partial charge in [0.05, 0.1) is 6.20 Å². The number of sulfonamides is 1. The van der Waals surface area contributed by atoms with Gasteiger partial charge in [-0.05, 0) is 32.6 Å². The van der Waals surface area contributed by atoms with Crippen LogP contribution in [0.25, 0.3) is 0 Å². The van der Waals surface area contributed by atoms with Crippen molar-refractivity contribution in [2.45, 2.75) is 62.7 Å². The maximum atomic E-state index is 12.7. The zero-order valence-electron chi connectivity index (χ0n) is 12.0. The number of aromatic amines is 1. The molecule has 2 N–H and O–H groups in total. The molecule has 0 radical (unpaired) electrons. The monoisotopic (exact) mass is 298 g/mol. The van der Waals surface area contributed by atoms with Crippen LogP contribution < -0.4 is 5.32 Å². The summed E-state index contributed by atoms with van der Waals surface area (Å²) in [7, 11) is -3.46. The lowest BCUT2D eigenvalue weighted by Crippen LogP contribution is -2.50. The van der Waals surface area contributed by atoms with Crippen molar-refractivity contribution in [3.8, 4) is 0 Å². The first-order chi connectivity index (χ1) is 9.50. The minimum absolute atomic E-state index is 0.104. The molecule has 2 atom stereocenters. The number of nitrogens with one attached hydrogen (secondary N) is 2. The highest BCUT2D eigenvalue weighted by Crippen LogP contribution is 2.32. The second-order valence-electron chi connectivity index (χ2n) is 5.80. The van der Waals surface area contributed by atoms with Crippen molar-refractivity contribution in [1.29, 1.82) is 0 Å². The van der Waals surface area contributed by atoms with E-state index in [0.717, 1.165) is 12.8 Å². The molecule has 20 heavy (non-hydrogen) atoms. The molecule has 0 saturated carbocycles. The Balaban J connectivity index is 1.86. The molecule has 6 nitrogen and oxygen atoms in total. The van der Waals surface area contributed by atoms with Crippen LogP contribution >= 0.6 is 0 Å². The number of nitrogens with zero attached hydrogens (tertiary/aromatic N) is 2. The number of fused-ring (bicyclic) bond motifs is 2. The van der Waals surface area contributed by atoms with Crippen LogP contribution in [0.15, 0.2) is 11.2 Å². The standard InChI is InChI=1S/C13H22N4O2S/c1-3-17(12-6-10-4-5-11(7-12)16-10)20(18,19)13-8-14-9(2)15-13/h8,10-12,16H,3-7H2,1-2H3,(H,14,15). The van der Waals surface area contributed by atoms with E-state index in [-0.39, 0.29) is 11.1 Å². The molecule has 0 amide bonds. The Morgan fingerprint density at radius 1 is 1.35 bits per heavy atom. The van der Waals surface area contributed by atoms with Gasteiger partial charge in [-0.15, -0.1) is 0 Å². The van der Waals surface area contributed by atoms with E-state index in [1.807, 2.05) is 6.92 Å². The molecule has 112 valence electrons. The fourth-order valence-corrected chi connectivity index (χ4v) is 5.16. The van der Waals surface area contributed by atoms with Crippen LogP contribution in [0.3, 0.4) is 0 Å². The van der Waals surface area contributed by atoms with Gasteiger partial charge in [0.2, 0.25) is 0 Å². The molecule has 0 aliphatic carbocycles. The second kappa shape index (κ2) is 5.13. The van der Waals surface area contributed by atoms with Gasteiger partial charge in [0.15, 0.2) is 5.03 Å². The van der Waals surface area contributed by atoms with E-state index in [1.54, 1.807) is 11.2 Å². The van der Waals surface area contributed by atoms with Gasteiger partial charge in [-0.1, -0.05) is 6.92 Å². The molecule has 7 heteroatoms. The zero-order valence-corrected chi connectivity index (χ0v) is 12.8. The average molecular weight is 298 g/mol. The second-order valence-corrected chi connectivity index (χ2v) is 7.66. The Bertz CT molecular complexity index is 571. The fraction of sp³-hybridized carbons (Fsp3) is 0.769. The van der Waals surface area contributed by atoms with Gasteiger partial charge in [-0.25, -0.2) is 13.4 Å². The van der Waals surface area contributed by atoms with Crippen molar-refractivity contribution in [3.05, 3.63) is 12.0 Å². The Morgan fingerprint density at radius 3 is 2.50 bits per heavy atom. The third-order valence-corrected chi connectivity index (χ3v) is 6.37. The molecule has 2 aliphatic heterocycles. The van der Waals surface area contributed by atoms with E-state index >= 15 is 0 Å². The van der Waals surface area contributed by atoms with Crippen LogP contribution in [0.1, 0.15) is 38.4 Å². The first-order valence-corrected chi connectivity index (χ1v) is 8.74. The van der Waals surface area contributed by atoms with Crippen molar-refractivity contribution in [2.24, 2.45) is 0 Å². The van der Waals surface area contributed by atoms with Crippen LogP contribution in [-0.4, -0.2) is 47.4 Å². The normalized spacial score (nSPS) is 30.1. The summed E-state index contributed by atoms with van der Waals surface area (Å²) < 4.78 is 27.1. The summed E-state index contributed by atoms with van der Waals surface area (Å²) in [6.07, 6.45) is 5.58. The minimum atomic E-state index is -3.46. The van der Waals surface area contributed by atoms with E-state index in [4.69, 9.17) is 0 Å². The van der Waals surface area contributed by atoms with Gasteiger partial charge in [-0.2, -0.15) is 4.31 Å². The summed E-state index contributed by atoms with van der Waals surface area (Å²) in [5.41, 5.74) is 0. The van der Waals surface area contributed by atoms with Gasteiger partial charge in [0.1, 0.15) is 5.82 Å². The number of imidazole rings is 1. The van der Waals surface area contributed by atoms with Crippen LogP contribution in [0.4, 0.5) is 0 Å². The van der Waals surface area contributed by atoms with E-state index in [2.05, 4.69) is 15.3 Å².